The van der Waals surface area contributed by atoms with Crippen molar-refractivity contribution in [3.05, 3.63) is 40.8 Å². The molecule has 1 aliphatic heterocycles. The van der Waals surface area contributed by atoms with Crippen LogP contribution in [0.2, 0.25) is 25.7 Å². The number of ether oxygens (including phenoxy) is 1. The van der Waals surface area contributed by atoms with Crippen molar-refractivity contribution in [1.82, 2.24) is 24.6 Å². The van der Waals surface area contributed by atoms with Crippen LogP contribution in [0.4, 0.5) is 16.3 Å². The molecule has 3 aromatic heterocycles. The molecule has 2 N–H and O–H groups in total. The van der Waals surface area contributed by atoms with Gasteiger partial charge in [-0.2, -0.15) is 5.10 Å². The normalized spacial score (nSPS) is 18.4. The Balaban J connectivity index is 1.44. The second-order valence-electron chi connectivity index (χ2n) is 10.8. The Bertz CT molecular complexity index is 1240. The van der Waals surface area contributed by atoms with Gasteiger partial charge in [-0.25, -0.2) is 19.4 Å². The third-order valence-electron chi connectivity index (χ3n) is 6.52. The van der Waals surface area contributed by atoms with Crippen molar-refractivity contribution >= 4 is 52.6 Å². The van der Waals surface area contributed by atoms with Gasteiger partial charge in [0.15, 0.2) is 5.65 Å². The number of rotatable bonds is 9. The molecular formula is C25H36BrN7O3Si. The third-order valence-corrected chi connectivity index (χ3v) is 8.78. The van der Waals surface area contributed by atoms with Gasteiger partial charge in [-0.1, -0.05) is 25.7 Å². The second-order valence-corrected chi connectivity index (χ2v) is 17.2. The molecule has 12 heteroatoms. The van der Waals surface area contributed by atoms with Gasteiger partial charge in [0.05, 0.1) is 29.7 Å². The number of amides is 1. The van der Waals surface area contributed by atoms with E-state index in [9.17, 15) is 9.90 Å². The van der Waals surface area contributed by atoms with Gasteiger partial charge in [0.1, 0.15) is 17.2 Å². The summed E-state index contributed by atoms with van der Waals surface area (Å²) in [6, 6.07) is 8.78. The highest BCUT2D eigenvalue weighted by molar-refractivity contribution is 9.10. The number of nitrogens with zero attached hydrogens (tertiary/aromatic N) is 6. The number of halogens is 1. The molecule has 1 aliphatic rings. The predicted molar refractivity (Wildman–Crippen MR) is 152 cm³/mol. The highest BCUT2D eigenvalue weighted by Gasteiger charge is 2.33. The van der Waals surface area contributed by atoms with E-state index >= 15 is 0 Å². The average molecular weight is 591 g/mol. The SMILES string of the molecule is C[C@@H]1CN(c2cccc(CNc3ccnc4c3c(Br)nn4COCC[Si](C)(C)C)n2)C[C@H](C)N1C(=O)O. The summed E-state index contributed by atoms with van der Waals surface area (Å²) in [5.41, 5.74) is 2.56. The Morgan fingerprint density at radius 2 is 1.95 bits per heavy atom. The van der Waals surface area contributed by atoms with E-state index in [2.05, 4.69) is 55.9 Å². The summed E-state index contributed by atoms with van der Waals surface area (Å²) in [5.74, 6) is 0.854. The lowest BCUT2D eigenvalue weighted by Crippen LogP contribution is -2.58. The largest absolute Gasteiger partial charge is 0.465 e. The van der Waals surface area contributed by atoms with Gasteiger partial charge in [-0.3, -0.25) is 4.90 Å². The molecule has 10 nitrogen and oxygen atoms in total. The van der Waals surface area contributed by atoms with Crippen LogP contribution in [0.1, 0.15) is 19.5 Å². The molecule has 1 fully saturated rings. The van der Waals surface area contributed by atoms with Crippen LogP contribution in [0.5, 0.6) is 0 Å². The number of nitrogens with one attached hydrogen (secondary N) is 1. The van der Waals surface area contributed by atoms with Crippen LogP contribution in [0, 0.1) is 0 Å². The number of hydrogen-bond donors (Lipinski definition) is 2. The lowest BCUT2D eigenvalue weighted by Gasteiger charge is -2.43. The lowest BCUT2D eigenvalue weighted by molar-refractivity contribution is 0.0810. The van der Waals surface area contributed by atoms with Crippen molar-refractivity contribution in [3.63, 3.8) is 0 Å². The number of hydrogen-bond acceptors (Lipinski definition) is 7. The van der Waals surface area contributed by atoms with Crippen LogP contribution in [0.25, 0.3) is 11.0 Å². The van der Waals surface area contributed by atoms with E-state index < -0.39 is 14.2 Å². The van der Waals surface area contributed by atoms with Crippen molar-refractivity contribution in [2.24, 2.45) is 0 Å². The quantitative estimate of drug-likeness (QED) is 0.262. The summed E-state index contributed by atoms with van der Waals surface area (Å²) in [6.45, 7) is 13.7. The van der Waals surface area contributed by atoms with Crippen LogP contribution in [0.3, 0.4) is 0 Å². The van der Waals surface area contributed by atoms with Gasteiger partial charge in [0, 0.05) is 39.7 Å². The van der Waals surface area contributed by atoms with Gasteiger partial charge < -0.3 is 20.1 Å². The van der Waals surface area contributed by atoms with Crippen molar-refractivity contribution in [1.29, 1.82) is 0 Å². The summed E-state index contributed by atoms with van der Waals surface area (Å²) in [7, 11) is -1.15. The van der Waals surface area contributed by atoms with Crippen molar-refractivity contribution in [2.75, 3.05) is 29.9 Å². The first-order valence-corrected chi connectivity index (χ1v) is 17.1. The van der Waals surface area contributed by atoms with Crippen LogP contribution in [-0.4, -0.2) is 75.7 Å². The first kappa shape index (κ1) is 27.3. The molecule has 37 heavy (non-hydrogen) atoms. The Hall–Kier alpha value is -2.70. The molecule has 0 unspecified atom stereocenters. The van der Waals surface area contributed by atoms with E-state index in [0.29, 0.717) is 31.0 Å². The van der Waals surface area contributed by atoms with Gasteiger partial charge >= 0.3 is 6.09 Å². The highest BCUT2D eigenvalue weighted by Crippen LogP contribution is 2.30. The van der Waals surface area contributed by atoms with E-state index in [1.54, 1.807) is 10.9 Å². The summed E-state index contributed by atoms with van der Waals surface area (Å²) in [4.78, 5) is 24.7. The number of fused-ring (bicyclic) bond motifs is 1. The van der Waals surface area contributed by atoms with Crippen molar-refractivity contribution < 1.29 is 14.6 Å². The summed E-state index contributed by atoms with van der Waals surface area (Å²) in [5, 5.41) is 18.5. The summed E-state index contributed by atoms with van der Waals surface area (Å²) >= 11 is 3.60. The van der Waals surface area contributed by atoms with Crippen LogP contribution >= 0.6 is 15.9 Å². The zero-order valence-corrected chi connectivity index (χ0v) is 24.7. The number of pyridine rings is 2. The number of anilines is 2. The van der Waals surface area contributed by atoms with Crippen molar-refractivity contribution in [3.8, 4) is 0 Å². The Labute approximate surface area is 227 Å². The molecule has 2 atom stereocenters. The van der Waals surface area contributed by atoms with Gasteiger partial charge in [-0.05, 0) is 54.0 Å². The van der Waals surface area contributed by atoms with E-state index in [1.165, 1.54) is 4.90 Å². The Morgan fingerprint density at radius 1 is 1.22 bits per heavy atom. The van der Waals surface area contributed by atoms with E-state index in [-0.39, 0.29) is 12.1 Å². The summed E-state index contributed by atoms with van der Waals surface area (Å²) in [6.07, 6.45) is 0.896. The second kappa shape index (κ2) is 11.4. The number of carbonyl (C=O) groups is 1. The van der Waals surface area contributed by atoms with Crippen LogP contribution in [-0.2, 0) is 18.0 Å². The van der Waals surface area contributed by atoms with E-state index in [0.717, 1.165) is 40.9 Å². The maximum absolute atomic E-state index is 11.6. The molecular weight excluding hydrogens is 554 g/mol. The van der Waals surface area contributed by atoms with E-state index in [1.807, 2.05) is 38.1 Å². The smallest absolute Gasteiger partial charge is 0.407 e. The molecule has 0 aromatic carbocycles. The molecule has 200 valence electrons. The number of piperazine rings is 1. The fourth-order valence-corrected chi connectivity index (χ4v) is 5.97. The van der Waals surface area contributed by atoms with Crippen molar-refractivity contribution in [2.45, 2.75) is 64.9 Å². The molecule has 1 amide bonds. The molecule has 4 rings (SSSR count). The Kier molecular flexibility index (Phi) is 8.39. The molecule has 0 radical (unpaired) electrons. The molecule has 1 saturated heterocycles. The highest BCUT2D eigenvalue weighted by atomic mass is 79.9. The minimum atomic E-state index is -1.15. The lowest BCUT2D eigenvalue weighted by atomic mass is 10.1. The third kappa shape index (κ3) is 6.60. The fraction of sp³-hybridized carbons (Fsp3) is 0.520. The minimum Gasteiger partial charge on any atom is -0.465 e. The first-order valence-electron chi connectivity index (χ1n) is 12.6. The Morgan fingerprint density at radius 3 is 2.62 bits per heavy atom. The van der Waals surface area contributed by atoms with Crippen LogP contribution < -0.4 is 10.2 Å². The fourth-order valence-electron chi connectivity index (χ4n) is 4.63. The summed E-state index contributed by atoms with van der Waals surface area (Å²) < 4.78 is 8.40. The molecule has 0 aliphatic carbocycles. The number of aromatic nitrogens is 4. The molecule has 0 saturated carbocycles. The molecule has 0 bridgehead atoms. The predicted octanol–water partition coefficient (Wildman–Crippen LogP) is 5.09. The molecule has 0 spiro atoms. The average Bonchev–Trinajstić information content (AvgIpc) is 3.15. The maximum atomic E-state index is 11.6. The zero-order valence-electron chi connectivity index (χ0n) is 22.1. The first-order chi connectivity index (χ1) is 17.5. The van der Waals surface area contributed by atoms with Crippen LogP contribution in [0.15, 0.2) is 35.1 Å². The standard InChI is InChI=1S/C25H36BrN7O3Si/c1-17-14-31(15-18(2)33(17)25(34)35)21-8-6-7-19(29-21)13-28-20-9-10-27-24-22(20)23(26)30-32(24)16-36-11-12-37(3,4)5/h6-10,17-18H,11-16H2,1-5H3,(H,27,28)(H,34,35)/t17-,18+. The minimum absolute atomic E-state index is 0.108. The van der Waals surface area contributed by atoms with Gasteiger partial charge in [-0.15, -0.1) is 0 Å². The van der Waals surface area contributed by atoms with Gasteiger partial charge in [0.2, 0.25) is 0 Å². The van der Waals surface area contributed by atoms with E-state index in [4.69, 9.17) is 9.72 Å². The number of carboxylic acid groups (broad SMARTS) is 1. The maximum Gasteiger partial charge on any atom is 0.407 e. The molecule has 3 aromatic rings. The van der Waals surface area contributed by atoms with Gasteiger partial charge in [0.25, 0.3) is 0 Å². The molecule has 4 heterocycles. The monoisotopic (exact) mass is 589 g/mol. The topological polar surface area (TPSA) is 109 Å². The zero-order chi connectivity index (χ0) is 26.7.